The number of ether oxygens (including phenoxy) is 1. The SMILES string of the molecule is CCCNC1(C#N)CCCC1CCN(C)C(C)COC. The molecule has 1 saturated carbocycles. The quantitative estimate of drug-likeness (QED) is 0.705. The summed E-state index contributed by atoms with van der Waals surface area (Å²) in [6, 6.07) is 3.02. The van der Waals surface area contributed by atoms with Crippen molar-refractivity contribution in [2.75, 3.05) is 33.9 Å². The van der Waals surface area contributed by atoms with Crippen molar-refractivity contribution in [1.29, 1.82) is 5.26 Å². The van der Waals surface area contributed by atoms with Gasteiger partial charge in [-0.3, -0.25) is 5.32 Å². The monoisotopic (exact) mass is 281 g/mol. The van der Waals surface area contributed by atoms with Crippen molar-refractivity contribution in [2.45, 2.75) is 57.5 Å². The molecule has 0 aliphatic heterocycles. The Kier molecular flexibility index (Phi) is 7.50. The Labute approximate surface area is 124 Å². The lowest BCUT2D eigenvalue weighted by atomic mass is 9.85. The van der Waals surface area contributed by atoms with Gasteiger partial charge in [0.15, 0.2) is 0 Å². The molecular weight excluding hydrogens is 250 g/mol. The first-order chi connectivity index (χ1) is 9.59. The van der Waals surface area contributed by atoms with Crippen LogP contribution in [0.15, 0.2) is 0 Å². The van der Waals surface area contributed by atoms with E-state index in [1.165, 1.54) is 12.8 Å². The first-order valence-corrected chi connectivity index (χ1v) is 7.95. The molecule has 0 spiro atoms. The number of likely N-dealkylation sites (N-methyl/N-ethyl adjacent to an activating group) is 1. The van der Waals surface area contributed by atoms with Crippen molar-refractivity contribution in [3.8, 4) is 6.07 Å². The molecule has 0 amide bonds. The summed E-state index contributed by atoms with van der Waals surface area (Å²) in [6.07, 6.45) is 5.53. The zero-order valence-electron chi connectivity index (χ0n) is 13.6. The highest BCUT2D eigenvalue weighted by molar-refractivity contribution is 5.14. The van der Waals surface area contributed by atoms with Gasteiger partial charge in [-0.1, -0.05) is 13.3 Å². The lowest BCUT2D eigenvalue weighted by Gasteiger charge is -2.32. The largest absolute Gasteiger partial charge is 0.383 e. The number of nitriles is 1. The first-order valence-electron chi connectivity index (χ1n) is 7.95. The zero-order chi connectivity index (χ0) is 15.0. The van der Waals surface area contributed by atoms with E-state index in [4.69, 9.17) is 4.74 Å². The average molecular weight is 281 g/mol. The maximum atomic E-state index is 9.63. The normalized spacial score (nSPS) is 27.7. The van der Waals surface area contributed by atoms with E-state index in [1.54, 1.807) is 7.11 Å². The minimum Gasteiger partial charge on any atom is -0.383 e. The molecule has 1 fully saturated rings. The van der Waals surface area contributed by atoms with Crippen molar-refractivity contribution in [1.82, 2.24) is 10.2 Å². The second-order valence-corrected chi connectivity index (χ2v) is 6.17. The predicted octanol–water partition coefficient (Wildman–Crippen LogP) is 2.41. The highest BCUT2D eigenvalue weighted by Crippen LogP contribution is 2.37. The third-order valence-corrected chi connectivity index (χ3v) is 4.70. The number of nitrogens with zero attached hydrogens (tertiary/aromatic N) is 2. The molecule has 0 saturated heterocycles. The number of hydrogen-bond acceptors (Lipinski definition) is 4. The van der Waals surface area contributed by atoms with E-state index >= 15 is 0 Å². The fourth-order valence-electron chi connectivity index (χ4n) is 3.18. The summed E-state index contributed by atoms with van der Waals surface area (Å²) in [7, 11) is 3.89. The minimum absolute atomic E-state index is 0.276. The van der Waals surface area contributed by atoms with Gasteiger partial charge in [-0.15, -0.1) is 0 Å². The van der Waals surface area contributed by atoms with Crippen LogP contribution in [0.2, 0.25) is 0 Å². The van der Waals surface area contributed by atoms with Crippen LogP contribution in [-0.2, 0) is 4.74 Å². The van der Waals surface area contributed by atoms with Crippen molar-refractivity contribution in [3.05, 3.63) is 0 Å². The standard InChI is InChI=1S/C16H31N3O/c1-5-10-18-16(13-17)9-6-7-15(16)8-11-19(3)14(2)12-20-4/h14-15,18H,5-12H2,1-4H3. The third-order valence-electron chi connectivity index (χ3n) is 4.70. The smallest absolute Gasteiger partial charge is 0.109 e. The van der Waals surface area contributed by atoms with Crippen LogP contribution in [0.4, 0.5) is 0 Å². The highest BCUT2D eigenvalue weighted by atomic mass is 16.5. The first kappa shape index (κ1) is 17.4. The Bertz CT molecular complexity index is 315. The van der Waals surface area contributed by atoms with E-state index in [0.717, 1.165) is 39.0 Å². The molecular formula is C16H31N3O. The Morgan fingerprint density at radius 2 is 2.30 bits per heavy atom. The minimum atomic E-state index is -0.276. The van der Waals surface area contributed by atoms with Crippen LogP contribution < -0.4 is 5.32 Å². The second kappa shape index (κ2) is 8.61. The van der Waals surface area contributed by atoms with Crippen LogP contribution in [0.5, 0.6) is 0 Å². The second-order valence-electron chi connectivity index (χ2n) is 6.17. The molecule has 1 rings (SSSR count). The molecule has 116 valence electrons. The van der Waals surface area contributed by atoms with Crippen molar-refractivity contribution in [2.24, 2.45) is 5.92 Å². The molecule has 0 heterocycles. The van der Waals surface area contributed by atoms with Crippen molar-refractivity contribution in [3.63, 3.8) is 0 Å². The summed E-state index contributed by atoms with van der Waals surface area (Å²) < 4.78 is 5.21. The molecule has 0 aromatic heterocycles. The summed E-state index contributed by atoms with van der Waals surface area (Å²) in [5, 5.41) is 13.1. The van der Waals surface area contributed by atoms with Gasteiger partial charge in [0.25, 0.3) is 0 Å². The van der Waals surface area contributed by atoms with E-state index in [2.05, 4.69) is 37.2 Å². The fourth-order valence-corrected chi connectivity index (χ4v) is 3.18. The van der Waals surface area contributed by atoms with Gasteiger partial charge >= 0.3 is 0 Å². The molecule has 0 aromatic carbocycles. The number of methoxy groups -OCH3 is 1. The van der Waals surface area contributed by atoms with Crippen molar-refractivity contribution < 1.29 is 4.74 Å². The van der Waals surface area contributed by atoms with Crippen molar-refractivity contribution >= 4 is 0 Å². The molecule has 4 heteroatoms. The van der Waals surface area contributed by atoms with Gasteiger partial charge in [-0.25, -0.2) is 0 Å². The highest BCUT2D eigenvalue weighted by Gasteiger charge is 2.42. The van der Waals surface area contributed by atoms with Gasteiger partial charge in [-0.05, 0) is 58.7 Å². The fraction of sp³-hybridized carbons (Fsp3) is 0.938. The van der Waals surface area contributed by atoms with Gasteiger partial charge in [0.1, 0.15) is 5.54 Å². The van der Waals surface area contributed by atoms with Crippen LogP contribution in [0.3, 0.4) is 0 Å². The maximum absolute atomic E-state index is 9.63. The Morgan fingerprint density at radius 3 is 2.90 bits per heavy atom. The van der Waals surface area contributed by atoms with Gasteiger partial charge in [0.05, 0.1) is 12.7 Å². The van der Waals surface area contributed by atoms with E-state index in [9.17, 15) is 5.26 Å². The molecule has 3 atom stereocenters. The number of nitrogens with one attached hydrogen (secondary N) is 1. The molecule has 4 nitrogen and oxygen atoms in total. The summed E-state index contributed by atoms with van der Waals surface area (Å²) >= 11 is 0. The molecule has 3 unspecified atom stereocenters. The summed E-state index contributed by atoms with van der Waals surface area (Å²) in [5.74, 6) is 0.483. The molecule has 0 radical (unpaired) electrons. The van der Waals surface area contributed by atoms with E-state index in [1.807, 2.05) is 0 Å². The Balaban J connectivity index is 2.51. The number of hydrogen-bond donors (Lipinski definition) is 1. The Hall–Kier alpha value is -0.630. The van der Waals surface area contributed by atoms with Crippen LogP contribution in [0.1, 0.15) is 46.0 Å². The lowest BCUT2D eigenvalue weighted by Crippen LogP contribution is -2.48. The Morgan fingerprint density at radius 1 is 1.55 bits per heavy atom. The molecule has 0 aromatic rings. The van der Waals surface area contributed by atoms with Gasteiger partial charge in [0, 0.05) is 13.2 Å². The average Bonchev–Trinajstić information content (AvgIpc) is 2.86. The molecule has 1 aliphatic rings. The third kappa shape index (κ3) is 4.44. The predicted molar refractivity (Wildman–Crippen MR) is 82.6 cm³/mol. The summed E-state index contributed by atoms with van der Waals surface area (Å²) in [6.45, 7) is 7.08. The van der Waals surface area contributed by atoms with Gasteiger partial charge in [0.2, 0.25) is 0 Å². The maximum Gasteiger partial charge on any atom is 0.109 e. The van der Waals surface area contributed by atoms with Crippen LogP contribution in [0, 0.1) is 17.2 Å². The molecule has 1 aliphatic carbocycles. The topological polar surface area (TPSA) is 48.3 Å². The summed E-state index contributed by atoms with van der Waals surface area (Å²) in [4.78, 5) is 2.34. The van der Waals surface area contributed by atoms with Crippen LogP contribution >= 0.6 is 0 Å². The van der Waals surface area contributed by atoms with Gasteiger partial charge < -0.3 is 9.64 Å². The molecule has 1 N–H and O–H groups in total. The zero-order valence-corrected chi connectivity index (χ0v) is 13.6. The molecule has 0 bridgehead atoms. The van der Waals surface area contributed by atoms with Crippen LogP contribution in [0.25, 0.3) is 0 Å². The number of rotatable bonds is 9. The van der Waals surface area contributed by atoms with E-state index in [0.29, 0.717) is 12.0 Å². The van der Waals surface area contributed by atoms with Crippen LogP contribution in [-0.4, -0.2) is 50.3 Å². The van der Waals surface area contributed by atoms with E-state index in [-0.39, 0.29) is 5.54 Å². The van der Waals surface area contributed by atoms with E-state index < -0.39 is 0 Å². The molecule has 20 heavy (non-hydrogen) atoms. The summed E-state index contributed by atoms with van der Waals surface area (Å²) in [5.41, 5.74) is -0.276. The van der Waals surface area contributed by atoms with Gasteiger partial charge in [-0.2, -0.15) is 5.26 Å². The lowest BCUT2D eigenvalue weighted by molar-refractivity contribution is 0.109.